The fraction of sp³-hybridized carbons (Fsp3) is 0.188. The van der Waals surface area contributed by atoms with Gasteiger partial charge in [-0.3, -0.25) is 9.52 Å². The zero-order chi connectivity index (χ0) is 18.8. The Morgan fingerprint density at radius 1 is 1.04 bits per heavy atom. The first-order chi connectivity index (χ1) is 11.6. The van der Waals surface area contributed by atoms with E-state index in [2.05, 4.69) is 10.0 Å². The van der Waals surface area contributed by atoms with Gasteiger partial charge >= 0.3 is 0 Å². The van der Waals surface area contributed by atoms with Gasteiger partial charge in [-0.2, -0.15) is 0 Å². The predicted octanol–water partition coefficient (Wildman–Crippen LogP) is 3.68. The molecule has 25 heavy (non-hydrogen) atoms. The summed E-state index contributed by atoms with van der Waals surface area (Å²) in [6.07, 6.45) is 1.00. The fourth-order valence-corrected chi connectivity index (χ4v) is 3.23. The van der Waals surface area contributed by atoms with E-state index in [0.717, 1.165) is 11.9 Å². The number of sulfonamides is 1. The first-order valence-electron chi connectivity index (χ1n) is 7.12. The lowest BCUT2D eigenvalue weighted by molar-refractivity contribution is 0.102. The van der Waals surface area contributed by atoms with Crippen molar-refractivity contribution in [1.82, 2.24) is 0 Å². The number of benzene rings is 2. The quantitative estimate of drug-likeness (QED) is 0.800. The first kappa shape index (κ1) is 19.4. The zero-order valence-corrected chi connectivity index (χ0v) is 16.1. The smallest absolute Gasteiger partial charge is 0.255 e. The second kappa shape index (κ2) is 7.51. The van der Waals surface area contributed by atoms with Gasteiger partial charge in [0.25, 0.3) is 5.91 Å². The number of rotatable bonds is 5. The Hall–Kier alpha value is -1.96. The van der Waals surface area contributed by atoms with E-state index in [1.807, 2.05) is 19.0 Å². The van der Waals surface area contributed by atoms with Gasteiger partial charge in [0, 0.05) is 25.3 Å². The summed E-state index contributed by atoms with van der Waals surface area (Å²) >= 11 is 12.1. The molecular weight excluding hydrogens is 385 g/mol. The third-order valence-electron chi connectivity index (χ3n) is 3.21. The van der Waals surface area contributed by atoms with Gasteiger partial charge in [-0.1, -0.05) is 23.2 Å². The number of hydrogen-bond acceptors (Lipinski definition) is 4. The van der Waals surface area contributed by atoms with E-state index >= 15 is 0 Å². The maximum atomic E-state index is 12.4. The minimum Gasteiger partial charge on any atom is -0.376 e. The number of carbonyl (C=O) groups excluding carboxylic acids is 1. The summed E-state index contributed by atoms with van der Waals surface area (Å²) in [5.74, 6) is -0.415. The van der Waals surface area contributed by atoms with Crippen molar-refractivity contribution in [3.05, 3.63) is 52.0 Å². The lowest BCUT2D eigenvalue weighted by Crippen LogP contribution is -2.14. The molecule has 134 valence electrons. The normalized spacial score (nSPS) is 11.1. The maximum Gasteiger partial charge on any atom is 0.255 e. The predicted molar refractivity (Wildman–Crippen MR) is 104 cm³/mol. The Morgan fingerprint density at radius 2 is 1.72 bits per heavy atom. The van der Waals surface area contributed by atoms with Crippen LogP contribution in [-0.2, 0) is 10.0 Å². The minimum absolute atomic E-state index is 0.137. The Kier molecular flexibility index (Phi) is 5.82. The molecule has 0 heterocycles. The van der Waals surface area contributed by atoms with Crippen molar-refractivity contribution < 1.29 is 13.2 Å². The van der Waals surface area contributed by atoms with Crippen molar-refractivity contribution in [1.29, 1.82) is 0 Å². The summed E-state index contributed by atoms with van der Waals surface area (Å²) in [6.45, 7) is 0. The molecule has 0 atom stereocenters. The first-order valence-corrected chi connectivity index (χ1v) is 9.77. The topological polar surface area (TPSA) is 78.5 Å². The second-order valence-electron chi connectivity index (χ2n) is 5.58. The summed E-state index contributed by atoms with van der Waals surface area (Å²) in [7, 11) is 0.221. The number of amides is 1. The molecule has 0 fully saturated rings. The van der Waals surface area contributed by atoms with Crippen LogP contribution in [0.3, 0.4) is 0 Å². The minimum atomic E-state index is -3.51. The number of nitrogens with zero attached hydrogens (tertiary/aromatic N) is 1. The van der Waals surface area contributed by atoms with Crippen LogP contribution in [0.4, 0.5) is 17.1 Å². The number of carbonyl (C=O) groups is 1. The van der Waals surface area contributed by atoms with Crippen molar-refractivity contribution in [2.45, 2.75) is 0 Å². The van der Waals surface area contributed by atoms with Crippen molar-refractivity contribution >= 4 is 56.2 Å². The molecule has 2 aromatic rings. The molecule has 1 amide bonds. The molecule has 0 bridgehead atoms. The molecule has 6 nitrogen and oxygen atoms in total. The Morgan fingerprint density at radius 3 is 2.28 bits per heavy atom. The van der Waals surface area contributed by atoms with E-state index in [4.69, 9.17) is 23.2 Å². The number of hydrogen-bond donors (Lipinski definition) is 2. The largest absolute Gasteiger partial charge is 0.376 e. The highest BCUT2D eigenvalue weighted by Crippen LogP contribution is 2.28. The third-order valence-corrected chi connectivity index (χ3v) is 4.43. The van der Waals surface area contributed by atoms with Crippen LogP contribution in [0.1, 0.15) is 10.4 Å². The molecule has 0 aliphatic rings. The van der Waals surface area contributed by atoms with Gasteiger partial charge in [-0.25, -0.2) is 8.42 Å². The molecule has 2 N–H and O–H groups in total. The molecule has 0 saturated heterocycles. The maximum absolute atomic E-state index is 12.4. The number of anilines is 3. The van der Waals surface area contributed by atoms with Crippen LogP contribution in [0.25, 0.3) is 0 Å². The van der Waals surface area contributed by atoms with Crippen LogP contribution in [0.5, 0.6) is 0 Å². The molecule has 2 aromatic carbocycles. The van der Waals surface area contributed by atoms with Gasteiger partial charge in [0.15, 0.2) is 0 Å². The van der Waals surface area contributed by atoms with Gasteiger partial charge in [0.1, 0.15) is 0 Å². The summed E-state index contributed by atoms with van der Waals surface area (Å²) in [5.41, 5.74) is 1.74. The highest BCUT2D eigenvalue weighted by molar-refractivity contribution is 7.92. The Balaban J connectivity index is 2.24. The monoisotopic (exact) mass is 401 g/mol. The lowest BCUT2D eigenvalue weighted by Gasteiger charge is -2.15. The highest BCUT2D eigenvalue weighted by atomic mass is 35.5. The van der Waals surface area contributed by atoms with E-state index < -0.39 is 15.9 Å². The van der Waals surface area contributed by atoms with Crippen LogP contribution < -0.4 is 14.9 Å². The Bertz CT molecular complexity index is 915. The van der Waals surface area contributed by atoms with Gasteiger partial charge in [0.2, 0.25) is 10.0 Å². The summed E-state index contributed by atoms with van der Waals surface area (Å²) in [4.78, 5) is 14.2. The fourth-order valence-electron chi connectivity index (χ4n) is 2.10. The lowest BCUT2D eigenvalue weighted by atomic mass is 10.2. The van der Waals surface area contributed by atoms with E-state index in [0.29, 0.717) is 10.7 Å². The van der Waals surface area contributed by atoms with Crippen LogP contribution >= 0.6 is 23.2 Å². The molecule has 2 rings (SSSR count). The van der Waals surface area contributed by atoms with Crippen LogP contribution in [0.2, 0.25) is 10.0 Å². The van der Waals surface area contributed by atoms with Gasteiger partial charge in [-0.15, -0.1) is 0 Å². The molecular formula is C16H17Cl2N3O3S. The molecule has 9 heteroatoms. The summed E-state index contributed by atoms with van der Waals surface area (Å²) in [5, 5.41) is 3.41. The second-order valence-corrected chi connectivity index (χ2v) is 8.15. The molecule has 0 unspecified atom stereocenters. The van der Waals surface area contributed by atoms with E-state index in [-0.39, 0.29) is 16.3 Å². The molecule has 0 radical (unpaired) electrons. The van der Waals surface area contributed by atoms with Gasteiger partial charge in [-0.05, 0) is 36.4 Å². The zero-order valence-electron chi connectivity index (χ0n) is 13.8. The molecule has 0 saturated carbocycles. The van der Waals surface area contributed by atoms with E-state index in [9.17, 15) is 13.2 Å². The van der Waals surface area contributed by atoms with Crippen LogP contribution in [0, 0.1) is 0 Å². The van der Waals surface area contributed by atoms with E-state index in [1.54, 1.807) is 18.2 Å². The average molecular weight is 402 g/mol. The van der Waals surface area contributed by atoms with Gasteiger partial charge < -0.3 is 10.2 Å². The third kappa shape index (κ3) is 5.26. The number of halogens is 2. The summed E-state index contributed by atoms with van der Waals surface area (Å²) in [6, 6.07) is 9.48. The molecule has 0 aliphatic carbocycles. The van der Waals surface area contributed by atoms with Crippen LogP contribution in [-0.4, -0.2) is 34.7 Å². The molecule has 0 spiro atoms. The standard InChI is InChI=1S/C16H17Cl2N3O3S/c1-21(2)15-7-5-11(9-13(15)18)19-16(22)10-4-6-12(17)14(8-10)20-25(3,23)24/h4-9,20H,1-3H3,(H,19,22). The average Bonchev–Trinajstić information content (AvgIpc) is 2.47. The van der Waals surface area contributed by atoms with Crippen molar-refractivity contribution in [2.75, 3.05) is 35.3 Å². The van der Waals surface area contributed by atoms with Crippen molar-refractivity contribution in [3.8, 4) is 0 Å². The van der Waals surface area contributed by atoms with Crippen LogP contribution in [0.15, 0.2) is 36.4 Å². The molecule has 0 aliphatic heterocycles. The van der Waals surface area contributed by atoms with E-state index in [1.165, 1.54) is 18.2 Å². The van der Waals surface area contributed by atoms with Crippen molar-refractivity contribution in [2.24, 2.45) is 0 Å². The van der Waals surface area contributed by atoms with Crippen molar-refractivity contribution in [3.63, 3.8) is 0 Å². The van der Waals surface area contributed by atoms with Gasteiger partial charge in [0.05, 0.1) is 27.7 Å². The Labute approximate surface area is 156 Å². The number of nitrogens with one attached hydrogen (secondary N) is 2. The SMILES string of the molecule is CN(C)c1ccc(NC(=O)c2ccc(Cl)c(NS(C)(=O)=O)c2)cc1Cl. The highest BCUT2D eigenvalue weighted by Gasteiger charge is 2.13. The summed E-state index contributed by atoms with van der Waals surface area (Å²) < 4.78 is 25.0. The molecule has 0 aromatic heterocycles.